The van der Waals surface area contributed by atoms with Gasteiger partial charge in [0.2, 0.25) is 0 Å². The lowest BCUT2D eigenvalue weighted by atomic mass is 9.96. The van der Waals surface area contributed by atoms with Gasteiger partial charge in [-0.25, -0.2) is 9.98 Å². The number of hydrogen-bond acceptors (Lipinski definition) is 4. The summed E-state index contributed by atoms with van der Waals surface area (Å²) in [6, 6.07) is 0. The number of methoxy groups -OCH3 is 2. The molecule has 0 aromatic heterocycles. The molecule has 5 heteroatoms. The van der Waals surface area contributed by atoms with Crippen molar-refractivity contribution < 1.29 is 9.47 Å². The fourth-order valence-corrected chi connectivity index (χ4v) is 1.73. The second-order valence-electron chi connectivity index (χ2n) is 3.06. The zero-order valence-corrected chi connectivity index (χ0v) is 9.25. The number of aliphatic imine (C=N–C) groups is 2. The molecule has 1 aliphatic heterocycles. The summed E-state index contributed by atoms with van der Waals surface area (Å²) < 4.78 is 10.4. The molecule has 0 saturated carbocycles. The third-order valence-corrected chi connectivity index (χ3v) is 2.62. The van der Waals surface area contributed by atoms with Crippen LogP contribution in [0.25, 0.3) is 0 Å². The second kappa shape index (κ2) is 3.94. The van der Waals surface area contributed by atoms with Gasteiger partial charge < -0.3 is 9.47 Å². The Kier molecular flexibility index (Phi) is 2.64. The zero-order valence-electron chi connectivity index (χ0n) is 8.43. The first kappa shape index (κ1) is 10.0. The van der Waals surface area contributed by atoms with Gasteiger partial charge >= 0.3 is 0 Å². The van der Waals surface area contributed by atoms with Crippen molar-refractivity contribution in [2.24, 2.45) is 15.9 Å². The summed E-state index contributed by atoms with van der Waals surface area (Å²) in [6.07, 6.45) is 5.15. The van der Waals surface area contributed by atoms with E-state index in [9.17, 15) is 0 Å². The quantitative estimate of drug-likeness (QED) is 0.665. The van der Waals surface area contributed by atoms with E-state index in [1.807, 2.05) is 12.2 Å². The van der Waals surface area contributed by atoms with Crippen LogP contribution in [0, 0.1) is 5.92 Å². The van der Waals surface area contributed by atoms with Gasteiger partial charge in [0.1, 0.15) is 11.3 Å². The molecule has 1 heterocycles. The molecular weight excluding hydrogens is 212 g/mol. The second-order valence-corrected chi connectivity index (χ2v) is 3.48. The van der Waals surface area contributed by atoms with Crippen LogP contribution in [0.1, 0.15) is 0 Å². The van der Waals surface area contributed by atoms with Crippen LogP contribution < -0.4 is 0 Å². The minimum absolute atomic E-state index is 0.0705. The van der Waals surface area contributed by atoms with Crippen LogP contribution in [0.4, 0.5) is 0 Å². The van der Waals surface area contributed by atoms with Crippen molar-refractivity contribution in [3.8, 4) is 0 Å². The van der Waals surface area contributed by atoms with E-state index in [0.717, 1.165) is 5.71 Å². The van der Waals surface area contributed by atoms with Gasteiger partial charge in [0.05, 0.1) is 25.8 Å². The van der Waals surface area contributed by atoms with Crippen LogP contribution >= 0.6 is 12.2 Å². The molecule has 1 unspecified atom stereocenters. The van der Waals surface area contributed by atoms with E-state index in [2.05, 4.69) is 9.98 Å². The molecule has 0 bridgehead atoms. The first-order valence-corrected chi connectivity index (χ1v) is 4.83. The van der Waals surface area contributed by atoms with Gasteiger partial charge in [0.25, 0.3) is 0 Å². The largest absolute Gasteiger partial charge is 0.493 e. The summed E-state index contributed by atoms with van der Waals surface area (Å²) in [7, 11) is 3.19. The predicted molar refractivity (Wildman–Crippen MR) is 62.2 cm³/mol. The molecule has 0 aromatic rings. The predicted octanol–water partition coefficient (Wildman–Crippen LogP) is 1.49. The lowest BCUT2D eigenvalue weighted by Crippen LogP contribution is -2.25. The van der Waals surface area contributed by atoms with Crippen molar-refractivity contribution in [1.29, 1.82) is 0 Å². The Morgan fingerprint density at radius 2 is 2.00 bits per heavy atom. The van der Waals surface area contributed by atoms with Gasteiger partial charge in [0.15, 0.2) is 11.5 Å². The number of allylic oxidation sites excluding steroid dienone is 1. The van der Waals surface area contributed by atoms with Crippen LogP contribution in [0.5, 0.6) is 0 Å². The van der Waals surface area contributed by atoms with Crippen molar-refractivity contribution in [1.82, 2.24) is 0 Å². The molecule has 15 heavy (non-hydrogen) atoms. The smallest absolute Gasteiger partial charge is 0.162 e. The molecule has 0 radical (unpaired) electrons. The SMILES string of the molecule is COC1=CC2=NC=NC(=S)C2C=C1OC. The Morgan fingerprint density at radius 1 is 1.27 bits per heavy atom. The zero-order chi connectivity index (χ0) is 10.8. The molecule has 2 rings (SSSR count). The van der Waals surface area contributed by atoms with E-state index in [-0.39, 0.29) is 5.92 Å². The molecule has 0 spiro atoms. The topological polar surface area (TPSA) is 43.2 Å². The number of thiocarbonyl (C=S) groups is 1. The number of nitrogens with zero attached hydrogens (tertiary/aromatic N) is 2. The Labute approximate surface area is 93.0 Å². The van der Waals surface area contributed by atoms with Crippen LogP contribution in [-0.2, 0) is 9.47 Å². The van der Waals surface area contributed by atoms with Crippen LogP contribution in [0.15, 0.2) is 33.7 Å². The van der Waals surface area contributed by atoms with Crippen LogP contribution in [0.3, 0.4) is 0 Å². The van der Waals surface area contributed by atoms with Crippen LogP contribution in [0.2, 0.25) is 0 Å². The highest BCUT2D eigenvalue weighted by molar-refractivity contribution is 7.80. The third kappa shape index (κ3) is 1.70. The Balaban J connectivity index is 2.42. The van der Waals surface area contributed by atoms with Gasteiger partial charge in [0, 0.05) is 6.08 Å². The molecule has 1 aliphatic carbocycles. The van der Waals surface area contributed by atoms with Gasteiger partial charge in [-0.2, -0.15) is 0 Å². The summed E-state index contributed by atoms with van der Waals surface area (Å²) in [6.45, 7) is 0. The van der Waals surface area contributed by atoms with Crippen molar-refractivity contribution in [2.75, 3.05) is 14.2 Å². The Bertz CT molecular complexity index is 421. The average molecular weight is 222 g/mol. The highest BCUT2D eigenvalue weighted by Gasteiger charge is 2.26. The summed E-state index contributed by atoms with van der Waals surface area (Å²) >= 11 is 5.13. The maximum atomic E-state index is 5.19. The Hall–Kier alpha value is -1.49. The molecule has 0 N–H and O–H groups in total. The van der Waals surface area contributed by atoms with Gasteiger partial charge in [-0.3, -0.25) is 0 Å². The molecule has 0 fully saturated rings. The van der Waals surface area contributed by atoms with E-state index in [4.69, 9.17) is 21.7 Å². The maximum Gasteiger partial charge on any atom is 0.162 e. The van der Waals surface area contributed by atoms with E-state index in [1.165, 1.54) is 6.34 Å². The molecule has 2 aliphatic rings. The lowest BCUT2D eigenvalue weighted by molar-refractivity contribution is 0.218. The highest BCUT2D eigenvalue weighted by Crippen LogP contribution is 2.25. The van der Waals surface area contributed by atoms with Gasteiger partial charge in [-0.1, -0.05) is 12.2 Å². The summed E-state index contributed by atoms with van der Waals surface area (Å²) in [5, 5.41) is 0. The van der Waals surface area contributed by atoms with Crippen molar-refractivity contribution in [3.63, 3.8) is 0 Å². The summed E-state index contributed by atoms with van der Waals surface area (Å²) in [5.41, 5.74) is 0.840. The molecule has 0 amide bonds. The molecule has 4 nitrogen and oxygen atoms in total. The molecule has 0 aromatic carbocycles. The molecule has 0 saturated heterocycles. The molecule has 1 atom stereocenters. The summed E-state index contributed by atoms with van der Waals surface area (Å²) in [5.74, 6) is 1.25. The van der Waals surface area contributed by atoms with E-state index in [1.54, 1.807) is 14.2 Å². The van der Waals surface area contributed by atoms with Crippen molar-refractivity contribution in [3.05, 3.63) is 23.7 Å². The fourth-order valence-electron chi connectivity index (χ4n) is 1.49. The first-order valence-electron chi connectivity index (χ1n) is 4.42. The monoisotopic (exact) mass is 222 g/mol. The number of rotatable bonds is 2. The van der Waals surface area contributed by atoms with Gasteiger partial charge in [-0.15, -0.1) is 0 Å². The standard InChI is InChI=1S/C10H10N2O2S/c1-13-8-3-6-7(4-9(8)14-2)11-5-12-10(6)15/h3-6H,1-2H3. The fraction of sp³-hybridized carbons (Fsp3) is 0.300. The highest BCUT2D eigenvalue weighted by atomic mass is 32.1. The Morgan fingerprint density at radius 3 is 2.67 bits per heavy atom. The van der Waals surface area contributed by atoms with E-state index in [0.29, 0.717) is 16.5 Å². The number of fused-ring (bicyclic) bond motifs is 1. The average Bonchev–Trinajstić information content (AvgIpc) is 2.28. The van der Waals surface area contributed by atoms with Gasteiger partial charge in [-0.05, 0) is 6.08 Å². The third-order valence-electron chi connectivity index (χ3n) is 2.26. The van der Waals surface area contributed by atoms with Crippen molar-refractivity contribution in [2.45, 2.75) is 0 Å². The maximum absolute atomic E-state index is 5.19. The molecule has 78 valence electrons. The van der Waals surface area contributed by atoms with E-state index < -0.39 is 0 Å². The lowest BCUT2D eigenvalue weighted by Gasteiger charge is -2.22. The minimum Gasteiger partial charge on any atom is -0.493 e. The minimum atomic E-state index is -0.0705. The summed E-state index contributed by atoms with van der Waals surface area (Å²) in [4.78, 5) is 8.73. The van der Waals surface area contributed by atoms with E-state index >= 15 is 0 Å². The molecular formula is C10H10N2O2S. The van der Waals surface area contributed by atoms with Crippen molar-refractivity contribution >= 4 is 29.3 Å². The normalized spacial score (nSPS) is 23.7. The number of hydrogen-bond donors (Lipinski definition) is 0. The first-order chi connectivity index (χ1) is 7.26. The number of ether oxygens (including phenoxy) is 2. The van der Waals surface area contributed by atoms with Crippen LogP contribution in [-0.4, -0.2) is 31.3 Å².